The van der Waals surface area contributed by atoms with E-state index in [1.54, 1.807) is 0 Å². The van der Waals surface area contributed by atoms with Gasteiger partial charge in [0.2, 0.25) is 0 Å². The summed E-state index contributed by atoms with van der Waals surface area (Å²) >= 11 is 0. The number of nitrogens with zero attached hydrogens (tertiary/aromatic N) is 1. The van der Waals surface area contributed by atoms with Gasteiger partial charge in [0.05, 0.1) is 0 Å². The van der Waals surface area contributed by atoms with Crippen molar-refractivity contribution in [1.82, 2.24) is 4.90 Å². The molecule has 98 valence electrons. The highest BCUT2D eigenvalue weighted by Gasteiger charge is 2.38. The maximum atomic E-state index is 5.95. The van der Waals surface area contributed by atoms with Crippen molar-refractivity contribution >= 4 is 0 Å². The van der Waals surface area contributed by atoms with E-state index in [2.05, 4.69) is 35.2 Å². The molecule has 0 bridgehead atoms. The van der Waals surface area contributed by atoms with Crippen LogP contribution >= 0.6 is 0 Å². The topological polar surface area (TPSA) is 29.3 Å². The molecule has 2 fully saturated rings. The number of benzene rings is 1. The number of hydrogen-bond acceptors (Lipinski definition) is 2. The third kappa shape index (κ3) is 2.60. The zero-order chi connectivity index (χ0) is 12.4. The van der Waals surface area contributed by atoms with Crippen molar-refractivity contribution in [2.75, 3.05) is 6.54 Å². The monoisotopic (exact) mass is 244 g/mol. The molecule has 18 heavy (non-hydrogen) atoms. The molecule has 0 aliphatic heterocycles. The summed E-state index contributed by atoms with van der Waals surface area (Å²) in [5.41, 5.74) is 7.40. The van der Waals surface area contributed by atoms with E-state index in [1.165, 1.54) is 37.7 Å². The molecule has 1 aromatic rings. The number of nitrogens with two attached hydrogens (primary N) is 1. The van der Waals surface area contributed by atoms with Crippen molar-refractivity contribution in [3.05, 3.63) is 35.9 Å². The second-order valence-electron chi connectivity index (χ2n) is 5.88. The van der Waals surface area contributed by atoms with Crippen molar-refractivity contribution in [3.8, 4) is 0 Å². The Morgan fingerprint density at radius 3 is 2.50 bits per heavy atom. The Kier molecular flexibility index (Phi) is 3.67. The second-order valence-corrected chi connectivity index (χ2v) is 5.88. The Morgan fingerprint density at radius 1 is 1.06 bits per heavy atom. The Bertz CT molecular complexity index is 372. The molecule has 2 heteroatoms. The van der Waals surface area contributed by atoms with Crippen molar-refractivity contribution in [2.24, 2.45) is 11.7 Å². The van der Waals surface area contributed by atoms with Crippen LogP contribution in [0.2, 0.25) is 0 Å². The standard InChI is InChI=1S/C16H24N2/c17-11-14-7-4-8-16(14)18(15-9-10-15)12-13-5-2-1-3-6-13/h1-3,5-6,14-16H,4,7-12,17H2. The third-order valence-corrected chi connectivity index (χ3v) is 4.57. The lowest BCUT2D eigenvalue weighted by Gasteiger charge is -2.33. The predicted molar refractivity (Wildman–Crippen MR) is 75.2 cm³/mol. The van der Waals surface area contributed by atoms with Crippen LogP contribution in [0, 0.1) is 5.92 Å². The summed E-state index contributed by atoms with van der Waals surface area (Å²) in [6.45, 7) is 1.98. The van der Waals surface area contributed by atoms with Crippen molar-refractivity contribution in [1.29, 1.82) is 0 Å². The second kappa shape index (κ2) is 5.41. The molecule has 0 amide bonds. The van der Waals surface area contributed by atoms with Gasteiger partial charge in [0.15, 0.2) is 0 Å². The molecule has 0 radical (unpaired) electrons. The minimum Gasteiger partial charge on any atom is -0.330 e. The third-order valence-electron chi connectivity index (χ3n) is 4.57. The van der Waals surface area contributed by atoms with Gasteiger partial charge in [-0.1, -0.05) is 36.8 Å². The van der Waals surface area contributed by atoms with E-state index < -0.39 is 0 Å². The van der Waals surface area contributed by atoms with E-state index in [4.69, 9.17) is 5.73 Å². The van der Waals surface area contributed by atoms with E-state index in [-0.39, 0.29) is 0 Å². The van der Waals surface area contributed by atoms with Crippen LogP contribution in [-0.4, -0.2) is 23.5 Å². The Balaban J connectivity index is 1.72. The van der Waals surface area contributed by atoms with Gasteiger partial charge in [-0.2, -0.15) is 0 Å². The highest BCUT2D eigenvalue weighted by molar-refractivity contribution is 5.15. The average Bonchev–Trinajstić information content (AvgIpc) is 3.14. The summed E-state index contributed by atoms with van der Waals surface area (Å²) in [5.74, 6) is 0.731. The van der Waals surface area contributed by atoms with Crippen molar-refractivity contribution in [2.45, 2.75) is 50.7 Å². The van der Waals surface area contributed by atoms with Gasteiger partial charge >= 0.3 is 0 Å². The Hall–Kier alpha value is -0.860. The van der Waals surface area contributed by atoms with Crippen molar-refractivity contribution in [3.63, 3.8) is 0 Å². The molecule has 1 aromatic carbocycles. The fourth-order valence-electron chi connectivity index (χ4n) is 3.45. The lowest BCUT2D eigenvalue weighted by Crippen LogP contribution is -2.41. The molecule has 2 unspecified atom stereocenters. The zero-order valence-electron chi connectivity index (χ0n) is 11.1. The van der Waals surface area contributed by atoms with Crippen LogP contribution in [0.5, 0.6) is 0 Å². The fourth-order valence-corrected chi connectivity index (χ4v) is 3.45. The van der Waals surface area contributed by atoms with E-state index in [1.807, 2.05) is 0 Å². The molecular weight excluding hydrogens is 220 g/mol. The summed E-state index contributed by atoms with van der Waals surface area (Å²) in [6, 6.07) is 12.5. The summed E-state index contributed by atoms with van der Waals surface area (Å²) in [5, 5.41) is 0. The van der Waals surface area contributed by atoms with Crippen LogP contribution < -0.4 is 5.73 Å². The van der Waals surface area contributed by atoms with Crippen LogP contribution in [0.1, 0.15) is 37.7 Å². The smallest absolute Gasteiger partial charge is 0.0239 e. The SMILES string of the molecule is NCC1CCCC1N(Cc1ccccc1)C1CC1. The lowest BCUT2D eigenvalue weighted by atomic mass is 10.0. The molecule has 3 rings (SSSR count). The van der Waals surface area contributed by atoms with Gasteiger partial charge in [-0.3, -0.25) is 4.90 Å². The van der Waals surface area contributed by atoms with Gasteiger partial charge < -0.3 is 5.73 Å². The normalized spacial score (nSPS) is 27.9. The summed E-state index contributed by atoms with van der Waals surface area (Å²) in [6.07, 6.45) is 6.83. The molecule has 2 N–H and O–H groups in total. The molecular formula is C16H24N2. The van der Waals surface area contributed by atoms with E-state index >= 15 is 0 Å². The van der Waals surface area contributed by atoms with Crippen LogP contribution in [-0.2, 0) is 6.54 Å². The van der Waals surface area contributed by atoms with Gasteiger partial charge in [-0.25, -0.2) is 0 Å². The lowest BCUT2D eigenvalue weighted by molar-refractivity contribution is 0.144. The molecule has 2 atom stereocenters. The molecule has 0 saturated heterocycles. The summed E-state index contributed by atoms with van der Waals surface area (Å²) in [7, 11) is 0. The van der Waals surface area contributed by atoms with E-state index in [9.17, 15) is 0 Å². The number of hydrogen-bond donors (Lipinski definition) is 1. The average molecular weight is 244 g/mol. The van der Waals surface area contributed by atoms with E-state index in [0.29, 0.717) is 0 Å². The first-order chi connectivity index (χ1) is 8.88. The van der Waals surface area contributed by atoms with Gasteiger partial charge in [-0.05, 0) is 43.7 Å². The fraction of sp³-hybridized carbons (Fsp3) is 0.625. The first-order valence-corrected chi connectivity index (χ1v) is 7.38. The molecule has 0 spiro atoms. The highest BCUT2D eigenvalue weighted by atomic mass is 15.2. The van der Waals surface area contributed by atoms with Gasteiger partial charge in [0.1, 0.15) is 0 Å². The van der Waals surface area contributed by atoms with Gasteiger partial charge in [0.25, 0.3) is 0 Å². The molecule has 0 aromatic heterocycles. The van der Waals surface area contributed by atoms with Gasteiger partial charge in [0, 0.05) is 18.6 Å². The molecule has 2 saturated carbocycles. The molecule has 2 nitrogen and oxygen atoms in total. The number of rotatable bonds is 5. The Morgan fingerprint density at radius 2 is 1.83 bits per heavy atom. The summed E-state index contributed by atoms with van der Waals surface area (Å²) < 4.78 is 0. The predicted octanol–water partition coefficient (Wildman–Crippen LogP) is 2.78. The minimum atomic E-state index is 0.731. The maximum Gasteiger partial charge on any atom is 0.0239 e. The van der Waals surface area contributed by atoms with Crippen LogP contribution in [0.3, 0.4) is 0 Å². The quantitative estimate of drug-likeness (QED) is 0.863. The first-order valence-electron chi connectivity index (χ1n) is 7.38. The summed E-state index contributed by atoms with van der Waals surface area (Å²) in [4.78, 5) is 2.75. The minimum absolute atomic E-state index is 0.731. The first kappa shape index (κ1) is 12.2. The molecule has 2 aliphatic carbocycles. The zero-order valence-corrected chi connectivity index (χ0v) is 11.1. The Labute approximate surface area is 110 Å². The van der Waals surface area contributed by atoms with Crippen LogP contribution in [0.15, 0.2) is 30.3 Å². The van der Waals surface area contributed by atoms with Crippen molar-refractivity contribution < 1.29 is 0 Å². The highest BCUT2D eigenvalue weighted by Crippen LogP contribution is 2.38. The molecule has 2 aliphatic rings. The molecule has 0 heterocycles. The largest absolute Gasteiger partial charge is 0.330 e. The van der Waals surface area contributed by atoms with Crippen LogP contribution in [0.25, 0.3) is 0 Å². The van der Waals surface area contributed by atoms with Gasteiger partial charge in [-0.15, -0.1) is 0 Å². The maximum absolute atomic E-state index is 5.95. The van der Waals surface area contributed by atoms with Crippen LogP contribution in [0.4, 0.5) is 0 Å². The van der Waals surface area contributed by atoms with E-state index in [0.717, 1.165) is 31.1 Å².